The second-order valence-corrected chi connectivity index (χ2v) is 9.18. The molecular formula is C29H38N8O2. The molecule has 3 N–H and O–H groups in total. The van der Waals surface area contributed by atoms with Crippen LogP contribution >= 0.6 is 0 Å². The van der Waals surface area contributed by atoms with Gasteiger partial charge in [0.05, 0.1) is 23.4 Å². The van der Waals surface area contributed by atoms with Crippen molar-refractivity contribution in [1.82, 2.24) is 25.1 Å². The summed E-state index contributed by atoms with van der Waals surface area (Å²) in [5.74, 6) is 6.91. The first-order valence-electron chi connectivity index (χ1n) is 13.0. The summed E-state index contributed by atoms with van der Waals surface area (Å²) in [6, 6.07) is 8.57. The third-order valence-electron chi connectivity index (χ3n) is 5.64. The standard InChI is InChI=1S/C29H38N8O2/c1-6-17-31-27-24(21-33-29(35-27)34-25-15-13-23(20-30)14-16-25)11-8-7-9-18-32-28(39)22(2)37(5)26(38)12-10-19-36(3)4/h10,12-16,21-22H,6-7,9,17-19H2,1-5H3,(H,32,39)(H2,31,33,34,35)/t22-/m0/s1. The van der Waals surface area contributed by atoms with E-state index >= 15 is 0 Å². The summed E-state index contributed by atoms with van der Waals surface area (Å²) < 4.78 is 0. The molecular weight excluding hydrogens is 492 g/mol. The van der Waals surface area contributed by atoms with Crippen LogP contribution in [-0.2, 0) is 9.59 Å². The van der Waals surface area contributed by atoms with E-state index in [1.807, 2.05) is 19.0 Å². The summed E-state index contributed by atoms with van der Waals surface area (Å²) in [6.45, 7) is 5.64. The quantitative estimate of drug-likeness (QED) is 0.205. The van der Waals surface area contributed by atoms with Crippen LogP contribution in [0.5, 0.6) is 0 Å². The number of anilines is 3. The number of benzene rings is 1. The highest BCUT2D eigenvalue weighted by atomic mass is 16.2. The molecule has 0 unspecified atom stereocenters. The largest absolute Gasteiger partial charge is 0.369 e. The van der Waals surface area contributed by atoms with Crippen molar-refractivity contribution in [2.75, 3.05) is 51.4 Å². The van der Waals surface area contributed by atoms with Gasteiger partial charge in [-0.15, -0.1) is 0 Å². The van der Waals surface area contributed by atoms with Gasteiger partial charge in [-0.05, 0) is 58.1 Å². The van der Waals surface area contributed by atoms with Gasteiger partial charge in [0.2, 0.25) is 17.8 Å². The monoisotopic (exact) mass is 530 g/mol. The van der Waals surface area contributed by atoms with Gasteiger partial charge < -0.3 is 25.8 Å². The summed E-state index contributed by atoms with van der Waals surface area (Å²) in [4.78, 5) is 37.0. The number of nitriles is 1. The van der Waals surface area contributed by atoms with Crippen molar-refractivity contribution in [3.05, 3.63) is 53.7 Å². The lowest BCUT2D eigenvalue weighted by Gasteiger charge is -2.23. The van der Waals surface area contributed by atoms with Gasteiger partial charge in [-0.3, -0.25) is 9.59 Å². The van der Waals surface area contributed by atoms with Gasteiger partial charge in [0.15, 0.2) is 0 Å². The Bertz CT molecular complexity index is 1220. The number of rotatable bonds is 13. The fraction of sp³-hybridized carbons (Fsp3) is 0.414. The molecule has 39 heavy (non-hydrogen) atoms. The number of unbranched alkanes of at least 4 members (excludes halogenated alkanes) is 1. The molecule has 2 rings (SSSR count). The average Bonchev–Trinajstić information content (AvgIpc) is 2.93. The van der Waals surface area contributed by atoms with Crippen LogP contribution in [0.4, 0.5) is 17.5 Å². The molecule has 1 aromatic carbocycles. The number of nitrogens with zero attached hydrogens (tertiary/aromatic N) is 5. The Hall–Kier alpha value is -4.41. The van der Waals surface area contributed by atoms with Gasteiger partial charge in [-0.25, -0.2) is 4.98 Å². The van der Waals surface area contributed by atoms with E-state index < -0.39 is 6.04 Å². The topological polar surface area (TPSA) is 126 Å². The van der Waals surface area contributed by atoms with E-state index in [9.17, 15) is 9.59 Å². The number of carbonyl (C=O) groups excluding carboxylic acids is 2. The van der Waals surface area contributed by atoms with Crippen molar-refractivity contribution in [2.45, 2.75) is 39.2 Å². The maximum Gasteiger partial charge on any atom is 0.246 e. The third kappa shape index (κ3) is 10.8. The van der Waals surface area contributed by atoms with Crippen molar-refractivity contribution >= 4 is 29.3 Å². The molecule has 2 aromatic rings. The minimum absolute atomic E-state index is 0.204. The zero-order valence-electron chi connectivity index (χ0n) is 23.4. The maximum atomic E-state index is 12.4. The van der Waals surface area contributed by atoms with Gasteiger partial charge in [0.25, 0.3) is 0 Å². The zero-order valence-corrected chi connectivity index (χ0v) is 23.4. The van der Waals surface area contributed by atoms with Crippen molar-refractivity contribution in [3.8, 4) is 17.9 Å². The first-order chi connectivity index (χ1) is 18.7. The van der Waals surface area contributed by atoms with Crippen LogP contribution in [-0.4, -0.2) is 78.4 Å². The molecule has 0 aliphatic carbocycles. The molecule has 0 spiro atoms. The molecule has 0 aliphatic rings. The van der Waals surface area contributed by atoms with Crippen LogP contribution in [0, 0.1) is 23.2 Å². The minimum Gasteiger partial charge on any atom is -0.369 e. The first-order valence-corrected chi connectivity index (χ1v) is 13.0. The van der Waals surface area contributed by atoms with Crippen LogP contribution in [0.1, 0.15) is 44.2 Å². The van der Waals surface area contributed by atoms with E-state index in [2.05, 4.69) is 50.8 Å². The summed E-state index contributed by atoms with van der Waals surface area (Å²) in [7, 11) is 5.46. The number of carbonyl (C=O) groups is 2. The molecule has 206 valence electrons. The fourth-order valence-electron chi connectivity index (χ4n) is 3.21. The van der Waals surface area contributed by atoms with Crippen molar-refractivity contribution in [2.24, 2.45) is 0 Å². The van der Waals surface area contributed by atoms with Gasteiger partial charge in [-0.2, -0.15) is 10.2 Å². The first kappa shape index (κ1) is 30.8. The van der Waals surface area contributed by atoms with Gasteiger partial charge >= 0.3 is 0 Å². The van der Waals surface area contributed by atoms with Gasteiger partial charge in [0.1, 0.15) is 11.9 Å². The Morgan fingerprint density at radius 3 is 2.56 bits per heavy atom. The smallest absolute Gasteiger partial charge is 0.246 e. The lowest BCUT2D eigenvalue weighted by Crippen LogP contribution is -2.45. The highest BCUT2D eigenvalue weighted by Gasteiger charge is 2.20. The molecule has 0 bridgehead atoms. The predicted molar refractivity (Wildman–Crippen MR) is 154 cm³/mol. The van der Waals surface area contributed by atoms with E-state index in [-0.39, 0.29) is 11.8 Å². The van der Waals surface area contributed by atoms with E-state index in [0.29, 0.717) is 48.8 Å². The normalized spacial score (nSPS) is 11.3. The van der Waals surface area contributed by atoms with Crippen molar-refractivity contribution in [3.63, 3.8) is 0 Å². The van der Waals surface area contributed by atoms with Gasteiger partial charge in [0, 0.05) is 44.9 Å². The number of aromatic nitrogens is 2. The Labute approximate surface area is 231 Å². The highest BCUT2D eigenvalue weighted by molar-refractivity contribution is 5.92. The molecule has 2 amide bonds. The summed E-state index contributed by atoms with van der Waals surface area (Å²) >= 11 is 0. The second-order valence-electron chi connectivity index (χ2n) is 9.18. The third-order valence-corrected chi connectivity index (χ3v) is 5.64. The lowest BCUT2D eigenvalue weighted by molar-refractivity contribution is -0.135. The molecule has 0 saturated heterocycles. The van der Waals surface area contributed by atoms with Crippen LogP contribution in [0.3, 0.4) is 0 Å². The zero-order chi connectivity index (χ0) is 28.6. The number of likely N-dealkylation sites (N-methyl/N-ethyl adjacent to an activating group) is 2. The van der Waals surface area contributed by atoms with Gasteiger partial charge in [-0.1, -0.05) is 24.8 Å². The molecule has 0 fully saturated rings. The molecule has 0 radical (unpaired) electrons. The maximum absolute atomic E-state index is 12.4. The molecule has 0 saturated carbocycles. The molecule has 0 aliphatic heterocycles. The average molecular weight is 531 g/mol. The summed E-state index contributed by atoms with van der Waals surface area (Å²) in [5.41, 5.74) is 2.05. The van der Waals surface area contributed by atoms with E-state index in [1.54, 1.807) is 50.5 Å². The number of amides is 2. The molecule has 1 atom stereocenters. The van der Waals surface area contributed by atoms with Crippen molar-refractivity contribution < 1.29 is 9.59 Å². The molecule has 10 heteroatoms. The predicted octanol–water partition coefficient (Wildman–Crippen LogP) is 3.13. The van der Waals surface area contributed by atoms with Crippen molar-refractivity contribution in [1.29, 1.82) is 5.26 Å². The Balaban J connectivity index is 1.88. The second kappa shape index (κ2) is 16.4. The number of nitrogens with one attached hydrogen (secondary N) is 3. The summed E-state index contributed by atoms with van der Waals surface area (Å²) in [6.07, 6.45) is 7.11. The van der Waals surface area contributed by atoms with E-state index in [1.165, 1.54) is 11.0 Å². The fourth-order valence-corrected chi connectivity index (χ4v) is 3.21. The molecule has 1 heterocycles. The van der Waals surface area contributed by atoms with Crippen LogP contribution in [0.2, 0.25) is 0 Å². The Morgan fingerprint density at radius 1 is 1.15 bits per heavy atom. The van der Waals surface area contributed by atoms with Crippen LogP contribution < -0.4 is 16.0 Å². The number of hydrogen-bond donors (Lipinski definition) is 3. The van der Waals surface area contributed by atoms with Crippen LogP contribution in [0.25, 0.3) is 0 Å². The highest BCUT2D eigenvalue weighted by Crippen LogP contribution is 2.18. The number of hydrogen-bond acceptors (Lipinski definition) is 8. The molecule has 1 aromatic heterocycles. The Morgan fingerprint density at radius 2 is 1.90 bits per heavy atom. The van der Waals surface area contributed by atoms with E-state index in [0.717, 1.165) is 18.7 Å². The molecule has 10 nitrogen and oxygen atoms in total. The minimum atomic E-state index is -0.576. The SMILES string of the molecule is CCCNc1nc(Nc2ccc(C#N)cc2)ncc1C#CCCCNC(=O)[C@H](C)N(C)C(=O)C=CCN(C)C. The van der Waals surface area contributed by atoms with Crippen LogP contribution in [0.15, 0.2) is 42.6 Å². The summed E-state index contributed by atoms with van der Waals surface area (Å²) in [5, 5.41) is 18.3. The lowest BCUT2D eigenvalue weighted by atomic mass is 10.2. The Kier molecular flexibility index (Phi) is 13.0. The van der Waals surface area contributed by atoms with E-state index in [4.69, 9.17) is 5.26 Å².